The molecule has 0 radical (unpaired) electrons. The van der Waals surface area contributed by atoms with E-state index >= 15 is 0 Å². The summed E-state index contributed by atoms with van der Waals surface area (Å²) >= 11 is 0. The molecule has 4 rings (SSSR count). The minimum absolute atomic E-state index is 0.244. The fraction of sp³-hybridized carbons (Fsp3) is 0.538. The van der Waals surface area contributed by atoms with Gasteiger partial charge in [-0.15, -0.1) is 0 Å². The van der Waals surface area contributed by atoms with E-state index < -0.39 is 0 Å². The zero-order chi connectivity index (χ0) is 20.9. The van der Waals surface area contributed by atoms with Crippen molar-refractivity contribution >= 4 is 0 Å². The van der Waals surface area contributed by atoms with Gasteiger partial charge in [-0.3, -0.25) is 0 Å². The van der Waals surface area contributed by atoms with E-state index in [2.05, 4.69) is 62.4 Å². The normalized spacial score (nSPS) is 19.1. The molecule has 0 amide bonds. The maximum absolute atomic E-state index is 5.96. The van der Waals surface area contributed by atoms with Gasteiger partial charge in [-0.2, -0.15) is 0 Å². The van der Waals surface area contributed by atoms with Gasteiger partial charge in [0, 0.05) is 10.8 Å². The zero-order valence-electron chi connectivity index (χ0n) is 18.3. The highest BCUT2D eigenvalue weighted by Gasteiger charge is 2.37. The first kappa shape index (κ1) is 21.5. The lowest BCUT2D eigenvalue weighted by Crippen LogP contribution is -2.45. The van der Waals surface area contributed by atoms with Gasteiger partial charge < -0.3 is 18.9 Å². The van der Waals surface area contributed by atoms with Crippen molar-refractivity contribution in [2.45, 2.75) is 39.9 Å². The molecule has 2 saturated heterocycles. The highest BCUT2D eigenvalue weighted by Crippen LogP contribution is 2.32. The van der Waals surface area contributed by atoms with Crippen molar-refractivity contribution < 1.29 is 18.9 Å². The van der Waals surface area contributed by atoms with Crippen LogP contribution in [0.15, 0.2) is 48.5 Å². The molecule has 2 aromatic carbocycles. The SMILES string of the molecule is CCC1(COCc2ccc(-c3ccc(COCC4(CC)COC4)cc3)cc2)COC1. The lowest BCUT2D eigenvalue weighted by Gasteiger charge is -2.40. The summed E-state index contributed by atoms with van der Waals surface area (Å²) in [5, 5.41) is 0. The third kappa shape index (κ3) is 4.94. The minimum Gasteiger partial charge on any atom is -0.380 e. The lowest BCUT2D eigenvalue weighted by molar-refractivity contribution is -0.152. The molecular formula is C26H34O4. The molecule has 0 saturated carbocycles. The Hall–Kier alpha value is -1.72. The van der Waals surface area contributed by atoms with E-state index in [1.165, 1.54) is 22.3 Å². The van der Waals surface area contributed by atoms with Crippen LogP contribution in [0.1, 0.15) is 37.8 Å². The average molecular weight is 411 g/mol. The zero-order valence-corrected chi connectivity index (χ0v) is 18.3. The molecule has 2 heterocycles. The van der Waals surface area contributed by atoms with E-state index in [-0.39, 0.29) is 10.8 Å². The predicted octanol–water partition coefficient (Wildman–Crippen LogP) is 5.24. The van der Waals surface area contributed by atoms with Crippen molar-refractivity contribution in [3.05, 3.63) is 59.7 Å². The Morgan fingerprint density at radius 1 is 0.633 bits per heavy atom. The molecule has 0 unspecified atom stereocenters. The lowest BCUT2D eigenvalue weighted by atomic mass is 9.84. The van der Waals surface area contributed by atoms with Crippen LogP contribution in [-0.4, -0.2) is 39.6 Å². The summed E-state index contributed by atoms with van der Waals surface area (Å²) in [6.07, 6.45) is 2.22. The van der Waals surface area contributed by atoms with Gasteiger partial charge in [0.1, 0.15) is 0 Å². The molecule has 0 aromatic heterocycles. The maximum Gasteiger partial charge on any atom is 0.0717 e. The Labute approximate surface area is 180 Å². The van der Waals surface area contributed by atoms with Gasteiger partial charge in [0.15, 0.2) is 0 Å². The van der Waals surface area contributed by atoms with E-state index in [1.54, 1.807) is 0 Å². The van der Waals surface area contributed by atoms with Gasteiger partial charge in [0.2, 0.25) is 0 Å². The molecule has 0 spiro atoms. The van der Waals surface area contributed by atoms with Crippen LogP contribution in [0.2, 0.25) is 0 Å². The molecule has 0 N–H and O–H groups in total. The monoisotopic (exact) mass is 410 g/mol. The molecule has 0 atom stereocenters. The summed E-state index contributed by atoms with van der Waals surface area (Å²) < 4.78 is 22.6. The van der Waals surface area contributed by atoms with Crippen LogP contribution in [0.25, 0.3) is 11.1 Å². The average Bonchev–Trinajstić information content (AvgIpc) is 2.73. The molecule has 0 bridgehead atoms. The van der Waals surface area contributed by atoms with Crippen molar-refractivity contribution in [2.75, 3.05) is 39.6 Å². The molecule has 4 nitrogen and oxygen atoms in total. The summed E-state index contributed by atoms with van der Waals surface area (Å²) in [7, 11) is 0. The van der Waals surface area contributed by atoms with E-state index in [9.17, 15) is 0 Å². The van der Waals surface area contributed by atoms with Gasteiger partial charge in [0.05, 0.1) is 52.9 Å². The van der Waals surface area contributed by atoms with Crippen molar-refractivity contribution in [2.24, 2.45) is 10.8 Å². The summed E-state index contributed by atoms with van der Waals surface area (Å²) in [5.41, 5.74) is 5.35. The smallest absolute Gasteiger partial charge is 0.0717 e. The van der Waals surface area contributed by atoms with Gasteiger partial charge in [-0.25, -0.2) is 0 Å². The van der Waals surface area contributed by atoms with Crippen LogP contribution < -0.4 is 0 Å². The molecule has 2 aromatic rings. The maximum atomic E-state index is 5.96. The number of hydrogen-bond acceptors (Lipinski definition) is 4. The van der Waals surface area contributed by atoms with E-state index in [4.69, 9.17) is 18.9 Å². The first-order valence-corrected chi connectivity index (χ1v) is 11.2. The largest absolute Gasteiger partial charge is 0.380 e. The number of benzene rings is 2. The third-order valence-corrected chi connectivity index (χ3v) is 6.73. The molecule has 2 fully saturated rings. The molecular weight excluding hydrogens is 376 g/mol. The topological polar surface area (TPSA) is 36.9 Å². The van der Waals surface area contributed by atoms with Gasteiger partial charge in [-0.1, -0.05) is 62.4 Å². The number of ether oxygens (including phenoxy) is 4. The second-order valence-corrected chi connectivity index (χ2v) is 9.07. The standard InChI is InChI=1S/C26H34O4/c1-3-25(17-29-18-25)15-27-13-21-5-9-23(10-6-21)24-11-7-22(8-12-24)14-28-16-26(4-2)19-30-20-26/h5-12H,3-4,13-20H2,1-2H3. The van der Waals surface area contributed by atoms with Crippen LogP contribution in [0.4, 0.5) is 0 Å². The minimum atomic E-state index is 0.244. The predicted molar refractivity (Wildman–Crippen MR) is 118 cm³/mol. The van der Waals surface area contributed by atoms with E-state index in [0.717, 1.165) is 52.5 Å². The highest BCUT2D eigenvalue weighted by molar-refractivity contribution is 5.63. The highest BCUT2D eigenvalue weighted by atomic mass is 16.5. The number of rotatable bonds is 11. The Kier molecular flexibility index (Phi) is 6.89. The number of hydrogen-bond donors (Lipinski definition) is 0. The summed E-state index contributed by atoms with van der Waals surface area (Å²) in [6, 6.07) is 17.3. The third-order valence-electron chi connectivity index (χ3n) is 6.73. The summed E-state index contributed by atoms with van der Waals surface area (Å²) in [6.45, 7) is 10.6. The van der Waals surface area contributed by atoms with Gasteiger partial charge in [0.25, 0.3) is 0 Å². The molecule has 162 valence electrons. The van der Waals surface area contributed by atoms with Crippen LogP contribution >= 0.6 is 0 Å². The Morgan fingerprint density at radius 3 is 1.27 bits per heavy atom. The van der Waals surface area contributed by atoms with Gasteiger partial charge >= 0.3 is 0 Å². The van der Waals surface area contributed by atoms with Crippen molar-refractivity contribution in [3.8, 4) is 11.1 Å². The Morgan fingerprint density at radius 2 is 1.00 bits per heavy atom. The van der Waals surface area contributed by atoms with Crippen molar-refractivity contribution in [3.63, 3.8) is 0 Å². The fourth-order valence-corrected chi connectivity index (χ4v) is 3.92. The van der Waals surface area contributed by atoms with E-state index in [0.29, 0.717) is 13.2 Å². The Balaban J connectivity index is 1.24. The molecule has 4 heteroatoms. The second-order valence-electron chi connectivity index (χ2n) is 9.07. The molecule has 2 aliphatic rings. The quantitative estimate of drug-likeness (QED) is 0.508. The molecule has 0 aliphatic carbocycles. The van der Waals surface area contributed by atoms with Crippen LogP contribution in [0.3, 0.4) is 0 Å². The second kappa shape index (κ2) is 9.61. The first-order valence-electron chi connectivity index (χ1n) is 11.2. The van der Waals surface area contributed by atoms with Gasteiger partial charge in [-0.05, 0) is 35.1 Å². The van der Waals surface area contributed by atoms with E-state index in [1.807, 2.05) is 0 Å². The van der Waals surface area contributed by atoms with Crippen LogP contribution in [0, 0.1) is 10.8 Å². The fourth-order valence-electron chi connectivity index (χ4n) is 3.92. The van der Waals surface area contributed by atoms with Crippen molar-refractivity contribution in [1.82, 2.24) is 0 Å². The Bertz CT molecular complexity index is 708. The summed E-state index contributed by atoms with van der Waals surface area (Å²) in [4.78, 5) is 0. The van der Waals surface area contributed by atoms with Crippen molar-refractivity contribution in [1.29, 1.82) is 0 Å². The summed E-state index contributed by atoms with van der Waals surface area (Å²) in [5.74, 6) is 0. The molecule has 2 aliphatic heterocycles. The first-order chi connectivity index (χ1) is 14.7. The van der Waals surface area contributed by atoms with Crippen LogP contribution in [0.5, 0.6) is 0 Å². The van der Waals surface area contributed by atoms with Crippen LogP contribution in [-0.2, 0) is 32.2 Å². The molecule has 30 heavy (non-hydrogen) atoms.